The molecular formula is C31H29F3N2O3. The number of ether oxygens (including phenoxy) is 1. The SMILES string of the molecule is O=C(O)C[C@H]1CCn2c1c(-c1ccccn1)c1cc(OCc3ccc(C4CCCC4)c(C(F)(F)F)c3)ccc12. The van der Waals surface area contributed by atoms with Gasteiger partial charge in [0, 0.05) is 40.8 Å². The topological polar surface area (TPSA) is 64.3 Å². The van der Waals surface area contributed by atoms with Crippen molar-refractivity contribution in [2.75, 3.05) is 0 Å². The van der Waals surface area contributed by atoms with E-state index in [0.717, 1.165) is 60.0 Å². The minimum Gasteiger partial charge on any atom is -0.489 e. The van der Waals surface area contributed by atoms with E-state index in [2.05, 4.69) is 9.55 Å². The molecule has 0 amide bonds. The minimum absolute atomic E-state index is 0.00760. The maximum atomic E-state index is 13.9. The molecule has 4 aromatic rings. The molecule has 5 nitrogen and oxygen atoms in total. The molecule has 39 heavy (non-hydrogen) atoms. The van der Waals surface area contributed by atoms with Crippen LogP contribution in [0.5, 0.6) is 5.75 Å². The van der Waals surface area contributed by atoms with Crippen molar-refractivity contribution in [3.63, 3.8) is 0 Å². The van der Waals surface area contributed by atoms with Crippen LogP contribution in [0.3, 0.4) is 0 Å². The Labute approximate surface area is 224 Å². The number of nitrogens with zero attached hydrogens (tertiary/aromatic N) is 2. The zero-order valence-corrected chi connectivity index (χ0v) is 21.4. The Hall–Kier alpha value is -3.81. The summed E-state index contributed by atoms with van der Waals surface area (Å²) in [6.45, 7) is 0.720. The molecule has 202 valence electrons. The van der Waals surface area contributed by atoms with Gasteiger partial charge in [0.15, 0.2) is 0 Å². The molecule has 1 saturated carbocycles. The van der Waals surface area contributed by atoms with Crippen LogP contribution >= 0.6 is 0 Å². The third kappa shape index (κ3) is 4.88. The number of rotatable bonds is 7. The first-order valence-corrected chi connectivity index (χ1v) is 13.4. The van der Waals surface area contributed by atoms with E-state index in [1.54, 1.807) is 18.3 Å². The van der Waals surface area contributed by atoms with Gasteiger partial charge in [-0.15, -0.1) is 0 Å². The predicted octanol–water partition coefficient (Wildman–Crippen LogP) is 7.92. The summed E-state index contributed by atoms with van der Waals surface area (Å²) in [6.07, 6.45) is 1.61. The second-order valence-corrected chi connectivity index (χ2v) is 10.6. The number of benzene rings is 2. The van der Waals surface area contributed by atoms with E-state index in [0.29, 0.717) is 23.4 Å². The summed E-state index contributed by atoms with van der Waals surface area (Å²) in [5.74, 6) is -0.472. The van der Waals surface area contributed by atoms with Gasteiger partial charge in [0.1, 0.15) is 12.4 Å². The van der Waals surface area contributed by atoms with Crippen LogP contribution in [0.1, 0.15) is 72.7 Å². The van der Waals surface area contributed by atoms with Crippen molar-refractivity contribution >= 4 is 16.9 Å². The van der Waals surface area contributed by atoms with Crippen LogP contribution in [0.4, 0.5) is 13.2 Å². The number of carboxylic acid groups (broad SMARTS) is 1. The summed E-state index contributed by atoms with van der Waals surface area (Å²) in [5.41, 5.74) is 3.87. The van der Waals surface area contributed by atoms with Crippen molar-refractivity contribution in [1.29, 1.82) is 0 Å². The van der Waals surface area contributed by atoms with Crippen molar-refractivity contribution in [2.24, 2.45) is 0 Å². The lowest BCUT2D eigenvalue weighted by Gasteiger charge is -2.19. The maximum absolute atomic E-state index is 13.9. The van der Waals surface area contributed by atoms with E-state index >= 15 is 0 Å². The second kappa shape index (κ2) is 10.1. The molecule has 3 heterocycles. The highest BCUT2D eigenvalue weighted by molar-refractivity contribution is 5.99. The Bertz CT molecular complexity index is 1520. The van der Waals surface area contributed by atoms with Gasteiger partial charge in [0.25, 0.3) is 0 Å². The Kier molecular flexibility index (Phi) is 6.57. The lowest BCUT2D eigenvalue weighted by atomic mass is 9.91. The molecule has 1 N–H and O–H groups in total. The molecule has 0 bridgehead atoms. The fraction of sp³-hybridized carbons (Fsp3) is 0.355. The van der Waals surface area contributed by atoms with E-state index in [1.165, 1.54) is 6.07 Å². The highest BCUT2D eigenvalue weighted by Crippen LogP contribution is 2.46. The van der Waals surface area contributed by atoms with Crippen LogP contribution in [0.15, 0.2) is 60.8 Å². The first-order chi connectivity index (χ1) is 18.8. The van der Waals surface area contributed by atoms with Gasteiger partial charge in [-0.1, -0.05) is 31.0 Å². The number of hydrogen-bond donors (Lipinski definition) is 1. The largest absolute Gasteiger partial charge is 0.489 e. The highest BCUT2D eigenvalue weighted by Gasteiger charge is 2.36. The molecule has 1 fully saturated rings. The van der Waals surface area contributed by atoms with Crippen LogP contribution in [-0.4, -0.2) is 20.6 Å². The summed E-state index contributed by atoms with van der Waals surface area (Å²) in [6, 6.07) is 15.9. The number of pyridine rings is 1. The summed E-state index contributed by atoms with van der Waals surface area (Å²) in [7, 11) is 0. The number of aliphatic carboxylic acids is 1. The van der Waals surface area contributed by atoms with Crippen LogP contribution in [0.2, 0.25) is 0 Å². The van der Waals surface area contributed by atoms with Crippen molar-refractivity contribution in [3.8, 4) is 17.0 Å². The molecular weight excluding hydrogens is 505 g/mol. The van der Waals surface area contributed by atoms with Gasteiger partial charge in [-0.3, -0.25) is 9.78 Å². The molecule has 2 aliphatic rings. The van der Waals surface area contributed by atoms with E-state index in [9.17, 15) is 23.1 Å². The number of halogens is 3. The monoisotopic (exact) mass is 534 g/mol. The number of aryl methyl sites for hydroxylation is 1. The van der Waals surface area contributed by atoms with Crippen molar-refractivity contribution in [2.45, 2.75) is 69.7 Å². The first kappa shape index (κ1) is 25.5. The fourth-order valence-corrected chi connectivity index (χ4v) is 6.42. The van der Waals surface area contributed by atoms with Gasteiger partial charge in [0.2, 0.25) is 0 Å². The number of alkyl halides is 3. The summed E-state index contributed by atoms with van der Waals surface area (Å²) >= 11 is 0. The zero-order valence-electron chi connectivity index (χ0n) is 21.4. The third-order valence-electron chi connectivity index (χ3n) is 8.13. The van der Waals surface area contributed by atoms with E-state index in [1.807, 2.05) is 36.4 Å². The average Bonchev–Trinajstić information content (AvgIpc) is 3.65. The van der Waals surface area contributed by atoms with Gasteiger partial charge in [0.05, 0.1) is 17.7 Å². The van der Waals surface area contributed by atoms with Gasteiger partial charge in [-0.05, 0) is 72.7 Å². The highest BCUT2D eigenvalue weighted by atomic mass is 19.4. The van der Waals surface area contributed by atoms with Crippen molar-refractivity contribution in [3.05, 3.63) is 83.2 Å². The number of hydrogen-bond acceptors (Lipinski definition) is 3. The van der Waals surface area contributed by atoms with Crippen LogP contribution in [0.25, 0.3) is 22.2 Å². The quantitative estimate of drug-likeness (QED) is 0.262. The molecule has 2 aromatic heterocycles. The Morgan fingerprint density at radius 1 is 1.05 bits per heavy atom. The van der Waals surface area contributed by atoms with Crippen molar-refractivity contribution < 1.29 is 27.8 Å². The average molecular weight is 535 g/mol. The van der Waals surface area contributed by atoms with Gasteiger partial charge in [-0.2, -0.15) is 13.2 Å². The third-order valence-corrected chi connectivity index (χ3v) is 8.13. The Morgan fingerprint density at radius 3 is 2.59 bits per heavy atom. The Morgan fingerprint density at radius 2 is 1.87 bits per heavy atom. The molecule has 0 spiro atoms. The molecule has 1 aliphatic carbocycles. The number of aromatic nitrogens is 2. The maximum Gasteiger partial charge on any atom is 0.416 e. The molecule has 2 aromatic carbocycles. The molecule has 6 rings (SSSR count). The van der Waals surface area contributed by atoms with Gasteiger partial charge < -0.3 is 14.4 Å². The normalized spacial score (nSPS) is 17.6. The zero-order chi connectivity index (χ0) is 27.1. The minimum atomic E-state index is -4.41. The lowest BCUT2D eigenvalue weighted by Crippen LogP contribution is -2.12. The first-order valence-electron chi connectivity index (χ1n) is 13.4. The summed E-state index contributed by atoms with van der Waals surface area (Å²) < 4.78 is 50.0. The van der Waals surface area contributed by atoms with E-state index < -0.39 is 17.7 Å². The second-order valence-electron chi connectivity index (χ2n) is 10.6. The number of carbonyl (C=O) groups is 1. The molecule has 1 atom stereocenters. The fourth-order valence-electron chi connectivity index (χ4n) is 6.42. The number of fused-ring (bicyclic) bond motifs is 3. The predicted molar refractivity (Wildman–Crippen MR) is 142 cm³/mol. The van der Waals surface area contributed by atoms with E-state index in [4.69, 9.17) is 4.74 Å². The summed E-state index contributed by atoms with van der Waals surface area (Å²) in [5, 5.41) is 10.4. The van der Waals surface area contributed by atoms with Crippen molar-refractivity contribution in [1.82, 2.24) is 9.55 Å². The molecule has 0 unspecified atom stereocenters. The molecule has 1 aliphatic heterocycles. The van der Waals surface area contributed by atoms with E-state index in [-0.39, 0.29) is 24.9 Å². The van der Waals surface area contributed by atoms with Crippen LogP contribution in [0, 0.1) is 0 Å². The molecule has 8 heteroatoms. The van der Waals surface area contributed by atoms with Gasteiger partial charge >= 0.3 is 12.1 Å². The molecule has 0 radical (unpaired) electrons. The van der Waals surface area contributed by atoms with Crippen LogP contribution < -0.4 is 4.74 Å². The number of carboxylic acids is 1. The van der Waals surface area contributed by atoms with Crippen LogP contribution in [-0.2, 0) is 24.1 Å². The smallest absolute Gasteiger partial charge is 0.416 e. The standard InChI is InChI=1S/C31H29F3N2O3/c32-31(33,34)25-15-19(8-10-23(25)20-5-1-2-6-20)18-39-22-9-11-27-24(17-22)29(26-7-3-4-13-35-26)30-21(16-28(37)38)12-14-36(27)30/h3-4,7-11,13,15,17,20-21H,1-2,5-6,12,14,16,18H2,(H,37,38)/t21-/m1/s1. The Balaban J connectivity index is 1.33. The van der Waals surface area contributed by atoms with Gasteiger partial charge in [-0.25, -0.2) is 0 Å². The lowest BCUT2D eigenvalue weighted by molar-refractivity contribution is -0.139. The molecule has 0 saturated heterocycles. The summed E-state index contributed by atoms with van der Waals surface area (Å²) in [4.78, 5) is 16.1.